The molecule has 1 fully saturated rings. The van der Waals surface area contributed by atoms with E-state index < -0.39 is 0 Å². The van der Waals surface area contributed by atoms with Gasteiger partial charge in [0.1, 0.15) is 5.69 Å². The largest absolute Gasteiger partial charge is 0.359 e. The lowest BCUT2D eigenvalue weighted by atomic mass is 9.93. The fourth-order valence-corrected chi connectivity index (χ4v) is 3.35. The Morgan fingerprint density at radius 1 is 1.30 bits per heavy atom. The number of carbonyl (C=O) groups is 1. The molecule has 2 N–H and O–H groups in total. The van der Waals surface area contributed by atoms with E-state index in [1.54, 1.807) is 14.1 Å². The third-order valence-corrected chi connectivity index (χ3v) is 4.92. The van der Waals surface area contributed by atoms with Crippen molar-refractivity contribution >= 4 is 11.9 Å². The van der Waals surface area contributed by atoms with Crippen LogP contribution >= 0.6 is 0 Å². The zero-order valence-electron chi connectivity index (χ0n) is 15.9. The van der Waals surface area contributed by atoms with E-state index in [0.29, 0.717) is 18.9 Å². The summed E-state index contributed by atoms with van der Waals surface area (Å²) in [5, 5.41) is 10.2. The maximum absolute atomic E-state index is 11.5. The standard InChI is InChI=1S/C20H27N5O2/c1-21-19(26)12-15-8-10-25(11-9-15)20(22-2)23-14-17-13-18(27-24-17)16-6-4-3-5-7-16/h3-7,13,15H,8-12,14H2,1-2H3,(H,21,26)(H,22,23). The maximum Gasteiger partial charge on any atom is 0.220 e. The zero-order valence-corrected chi connectivity index (χ0v) is 15.9. The van der Waals surface area contributed by atoms with E-state index in [4.69, 9.17) is 4.52 Å². The summed E-state index contributed by atoms with van der Waals surface area (Å²) in [5.41, 5.74) is 1.85. The summed E-state index contributed by atoms with van der Waals surface area (Å²) in [6.07, 6.45) is 2.60. The number of benzene rings is 1. The summed E-state index contributed by atoms with van der Waals surface area (Å²) < 4.78 is 5.44. The van der Waals surface area contributed by atoms with Crippen molar-refractivity contribution in [1.29, 1.82) is 0 Å². The van der Waals surface area contributed by atoms with Crippen LogP contribution in [0, 0.1) is 5.92 Å². The molecule has 1 aromatic heterocycles. The highest BCUT2D eigenvalue weighted by Gasteiger charge is 2.23. The minimum absolute atomic E-state index is 0.121. The minimum Gasteiger partial charge on any atom is -0.359 e. The summed E-state index contributed by atoms with van der Waals surface area (Å²) in [6, 6.07) is 11.9. The third kappa shape index (κ3) is 5.09. The first-order valence-corrected chi connectivity index (χ1v) is 9.36. The molecule has 1 amide bonds. The number of nitrogens with one attached hydrogen (secondary N) is 2. The van der Waals surface area contributed by atoms with Crippen LogP contribution < -0.4 is 10.6 Å². The lowest BCUT2D eigenvalue weighted by Crippen LogP contribution is -2.45. The molecule has 0 radical (unpaired) electrons. The molecule has 7 nitrogen and oxygen atoms in total. The van der Waals surface area contributed by atoms with Crippen molar-refractivity contribution < 1.29 is 9.32 Å². The highest BCUT2D eigenvalue weighted by atomic mass is 16.5. The second-order valence-electron chi connectivity index (χ2n) is 6.76. The second-order valence-corrected chi connectivity index (χ2v) is 6.76. The first kappa shape index (κ1) is 18.9. The smallest absolute Gasteiger partial charge is 0.220 e. The summed E-state index contributed by atoms with van der Waals surface area (Å²) >= 11 is 0. The first-order valence-electron chi connectivity index (χ1n) is 9.36. The van der Waals surface area contributed by atoms with Crippen LogP contribution in [0.5, 0.6) is 0 Å². The quantitative estimate of drug-likeness (QED) is 0.624. The number of aliphatic imine (C=N–C) groups is 1. The van der Waals surface area contributed by atoms with Gasteiger partial charge in [0.15, 0.2) is 11.7 Å². The van der Waals surface area contributed by atoms with Crippen molar-refractivity contribution in [1.82, 2.24) is 20.7 Å². The van der Waals surface area contributed by atoms with Gasteiger partial charge in [0, 0.05) is 45.2 Å². The molecule has 0 spiro atoms. The minimum atomic E-state index is 0.121. The molecule has 7 heteroatoms. The van der Waals surface area contributed by atoms with Crippen molar-refractivity contribution in [2.45, 2.75) is 25.8 Å². The SMILES string of the molecule is CN=C(NCc1cc(-c2ccccc2)on1)N1CCC(CC(=O)NC)CC1. The average Bonchev–Trinajstić information content (AvgIpc) is 3.19. The zero-order chi connectivity index (χ0) is 19.1. The van der Waals surface area contributed by atoms with E-state index in [9.17, 15) is 4.79 Å². The number of hydrogen-bond acceptors (Lipinski definition) is 4. The number of hydrogen-bond donors (Lipinski definition) is 2. The summed E-state index contributed by atoms with van der Waals surface area (Å²) in [7, 11) is 3.48. The highest BCUT2D eigenvalue weighted by Crippen LogP contribution is 2.21. The Morgan fingerprint density at radius 3 is 2.70 bits per heavy atom. The molecule has 2 aromatic rings. The van der Waals surface area contributed by atoms with Crippen LogP contribution in [-0.2, 0) is 11.3 Å². The van der Waals surface area contributed by atoms with E-state index >= 15 is 0 Å². The van der Waals surface area contributed by atoms with Gasteiger partial charge in [-0.1, -0.05) is 35.5 Å². The van der Waals surface area contributed by atoms with Gasteiger partial charge in [-0.15, -0.1) is 0 Å². The Balaban J connectivity index is 1.50. The lowest BCUT2D eigenvalue weighted by Gasteiger charge is -2.33. The molecule has 2 heterocycles. The highest BCUT2D eigenvalue weighted by molar-refractivity contribution is 5.80. The molecule has 3 rings (SSSR count). The number of guanidine groups is 1. The van der Waals surface area contributed by atoms with Crippen LogP contribution in [0.4, 0.5) is 0 Å². The maximum atomic E-state index is 11.5. The monoisotopic (exact) mass is 369 g/mol. The van der Waals surface area contributed by atoms with Crippen LogP contribution in [0.25, 0.3) is 11.3 Å². The molecular formula is C20H27N5O2. The van der Waals surface area contributed by atoms with Crippen molar-refractivity contribution in [2.24, 2.45) is 10.9 Å². The number of aromatic nitrogens is 1. The van der Waals surface area contributed by atoms with Gasteiger partial charge in [-0.05, 0) is 18.8 Å². The Kier molecular flexibility index (Phi) is 6.46. The summed E-state index contributed by atoms with van der Waals surface area (Å²) in [4.78, 5) is 18.2. The van der Waals surface area contributed by atoms with Crippen LogP contribution in [0.1, 0.15) is 25.0 Å². The van der Waals surface area contributed by atoms with Crippen molar-refractivity contribution in [3.05, 3.63) is 42.1 Å². The van der Waals surface area contributed by atoms with Gasteiger partial charge in [-0.2, -0.15) is 0 Å². The van der Waals surface area contributed by atoms with Gasteiger partial charge in [0.2, 0.25) is 5.91 Å². The van der Waals surface area contributed by atoms with Crippen LogP contribution in [0.2, 0.25) is 0 Å². The van der Waals surface area contributed by atoms with Crippen molar-refractivity contribution in [3.63, 3.8) is 0 Å². The fourth-order valence-electron chi connectivity index (χ4n) is 3.35. The van der Waals surface area contributed by atoms with Crippen LogP contribution in [-0.4, -0.2) is 49.1 Å². The average molecular weight is 369 g/mol. The van der Waals surface area contributed by atoms with E-state index in [1.807, 2.05) is 36.4 Å². The number of piperidine rings is 1. The number of likely N-dealkylation sites (tertiary alicyclic amines) is 1. The second kappa shape index (κ2) is 9.21. The summed E-state index contributed by atoms with van der Waals surface area (Å²) in [5.74, 6) is 2.19. The molecule has 1 aromatic carbocycles. The normalized spacial score (nSPS) is 15.6. The number of amides is 1. The molecule has 0 bridgehead atoms. The molecule has 0 aliphatic carbocycles. The Labute approximate surface area is 159 Å². The van der Waals surface area contributed by atoms with E-state index in [-0.39, 0.29) is 5.91 Å². The summed E-state index contributed by atoms with van der Waals surface area (Å²) in [6.45, 7) is 2.35. The van der Waals surface area contributed by atoms with E-state index in [0.717, 1.165) is 48.9 Å². The number of rotatable bonds is 5. The Bertz CT molecular complexity index is 764. The topological polar surface area (TPSA) is 82.8 Å². The first-order chi connectivity index (χ1) is 13.2. The molecular weight excluding hydrogens is 342 g/mol. The van der Waals surface area contributed by atoms with E-state index in [2.05, 4.69) is 25.7 Å². The predicted molar refractivity (Wildman–Crippen MR) is 105 cm³/mol. The van der Waals surface area contributed by atoms with Crippen molar-refractivity contribution in [3.8, 4) is 11.3 Å². The Morgan fingerprint density at radius 2 is 2.04 bits per heavy atom. The Hall–Kier alpha value is -2.83. The lowest BCUT2D eigenvalue weighted by molar-refractivity contribution is -0.121. The molecule has 0 saturated carbocycles. The molecule has 144 valence electrons. The number of carbonyl (C=O) groups excluding carboxylic acids is 1. The molecule has 1 aliphatic heterocycles. The van der Waals surface area contributed by atoms with Gasteiger partial charge in [0.25, 0.3) is 0 Å². The van der Waals surface area contributed by atoms with Gasteiger partial charge in [-0.3, -0.25) is 9.79 Å². The predicted octanol–water partition coefficient (Wildman–Crippen LogP) is 2.27. The van der Waals surface area contributed by atoms with Crippen LogP contribution in [0.3, 0.4) is 0 Å². The molecule has 1 aliphatic rings. The van der Waals surface area contributed by atoms with Gasteiger partial charge >= 0.3 is 0 Å². The van der Waals surface area contributed by atoms with Gasteiger partial charge in [-0.25, -0.2) is 0 Å². The van der Waals surface area contributed by atoms with E-state index in [1.165, 1.54) is 0 Å². The van der Waals surface area contributed by atoms with Crippen molar-refractivity contribution in [2.75, 3.05) is 27.2 Å². The molecule has 27 heavy (non-hydrogen) atoms. The van der Waals surface area contributed by atoms with Gasteiger partial charge in [0.05, 0.1) is 6.54 Å². The molecule has 0 unspecified atom stereocenters. The van der Waals surface area contributed by atoms with Crippen LogP contribution in [0.15, 0.2) is 45.9 Å². The van der Waals surface area contributed by atoms with Gasteiger partial charge < -0.3 is 20.1 Å². The molecule has 0 atom stereocenters. The number of nitrogens with zero attached hydrogens (tertiary/aromatic N) is 3. The third-order valence-electron chi connectivity index (χ3n) is 4.92. The fraction of sp³-hybridized carbons (Fsp3) is 0.450. The molecule has 1 saturated heterocycles.